The van der Waals surface area contributed by atoms with Crippen LogP contribution >= 0.6 is 22.9 Å². The number of halogens is 1. The van der Waals surface area contributed by atoms with Gasteiger partial charge in [0, 0.05) is 22.8 Å². The summed E-state index contributed by atoms with van der Waals surface area (Å²) in [6, 6.07) is 5.53. The first kappa shape index (κ1) is 14.3. The maximum Gasteiger partial charge on any atom is 0.252 e. The molecule has 6 heteroatoms. The van der Waals surface area contributed by atoms with Gasteiger partial charge in [0.2, 0.25) is 0 Å². The van der Waals surface area contributed by atoms with Gasteiger partial charge in [-0.1, -0.05) is 18.5 Å². The van der Waals surface area contributed by atoms with E-state index in [4.69, 9.17) is 11.6 Å². The minimum Gasteiger partial charge on any atom is -0.206 e. The highest BCUT2D eigenvalue weighted by atomic mass is 35.5. The molecule has 20 heavy (non-hydrogen) atoms. The van der Waals surface area contributed by atoms with Gasteiger partial charge in [-0.2, -0.15) is 4.31 Å². The molecule has 3 rings (SSSR count). The van der Waals surface area contributed by atoms with E-state index in [1.807, 2.05) is 19.1 Å². The van der Waals surface area contributed by atoms with Crippen molar-refractivity contribution >= 4 is 43.0 Å². The molecule has 0 radical (unpaired) electrons. The Bertz CT molecular complexity index is 767. The van der Waals surface area contributed by atoms with Crippen LogP contribution in [0.4, 0.5) is 0 Å². The van der Waals surface area contributed by atoms with Crippen LogP contribution in [0.15, 0.2) is 22.4 Å². The summed E-state index contributed by atoms with van der Waals surface area (Å²) in [7, 11) is -3.37. The van der Waals surface area contributed by atoms with E-state index in [1.54, 1.807) is 10.4 Å². The van der Waals surface area contributed by atoms with Crippen LogP contribution in [-0.4, -0.2) is 25.8 Å². The molecule has 3 nitrogen and oxygen atoms in total. The molecule has 0 saturated carbocycles. The molecule has 0 bridgehead atoms. The Labute approximate surface area is 128 Å². The standard InChI is InChI=1S/C14H16ClNO2S2/c1-9-5-6-16(8-9)20(17,18)14-10(2)12-7-11(15)3-4-13(12)19-14/h3-4,7,9H,5-6,8H2,1-2H3/t9-/m1/s1. The number of benzene rings is 1. The molecule has 1 saturated heterocycles. The molecule has 1 atom stereocenters. The molecule has 1 aromatic carbocycles. The van der Waals surface area contributed by atoms with Gasteiger partial charge in [-0.3, -0.25) is 0 Å². The Morgan fingerprint density at radius 1 is 1.40 bits per heavy atom. The zero-order valence-electron chi connectivity index (χ0n) is 11.4. The first-order valence-corrected chi connectivity index (χ1v) is 9.22. The molecular weight excluding hydrogens is 314 g/mol. The summed E-state index contributed by atoms with van der Waals surface area (Å²) in [5, 5.41) is 1.57. The lowest BCUT2D eigenvalue weighted by atomic mass is 10.2. The number of fused-ring (bicyclic) bond motifs is 1. The Kier molecular flexibility index (Phi) is 3.57. The molecule has 1 aliphatic rings. The van der Waals surface area contributed by atoms with Crippen LogP contribution < -0.4 is 0 Å². The van der Waals surface area contributed by atoms with E-state index < -0.39 is 10.0 Å². The zero-order valence-corrected chi connectivity index (χ0v) is 13.8. The summed E-state index contributed by atoms with van der Waals surface area (Å²) in [4.78, 5) is 0. The summed E-state index contributed by atoms with van der Waals surface area (Å²) in [6.45, 7) is 5.20. The second kappa shape index (κ2) is 4.98. The van der Waals surface area contributed by atoms with Gasteiger partial charge < -0.3 is 0 Å². The third-order valence-corrected chi connectivity index (χ3v) is 7.79. The fraction of sp³-hybridized carbons (Fsp3) is 0.429. The third kappa shape index (κ3) is 2.26. The lowest BCUT2D eigenvalue weighted by Crippen LogP contribution is -2.28. The maximum absolute atomic E-state index is 12.8. The first-order chi connectivity index (χ1) is 9.39. The van der Waals surface area contributed by atoms with Crippen molar-refractivity contribution in [2.45, 2.75) is 24.5 Å². The van der Waals surface area contributed by atoms with Crippen molar-refractivity contribution in [1.82, 2.24) is 4.31 Å². The molecule has 0 unspecified atom stereocenters. The predicted octanol–water partition coefficient (Wildman–Crippen LogP) is 3.89. The lowest BCUT2D eigenvalue weighted by molar-refractivity contribution is 0.466. The number of aryl methyl sites for hydroxylation is 1. The zero-order chi connectivity index (χ0) is 14.5. The normalized spacial score (nSPS) is 20.9. The van der Waals surface area contributed by atoms with Crippen molar-refractivity contribution in [1.29, 1.82) is 0 Å². The van der Waals surface area contributed by atoms with Crippen LogP contribution in [0.25, 0.3) is 10.1 Å². The fourth-order valence-electron chi connectivity index (χ4n) is 2.65. The lowest BCUT2D eigenvalue weighted by Gasteiger charge is -2.15. The van der Waals surface area contributed by atoms with E-state index in [9.17, 15) is 8.42 Å². The monoisotopic (exact) mass is 329 g/mol. The van der Waals surface area contributed by atoms with Gasteiger partial charge in [0.15, 0.2) is 0 Å². The third-order valence-electron chi connectivity index (χ3n) is 3.82. The van der Waals surface area contributed by atoms with Crippen LogP contribution in [-0.2, 0) is 10.0 Å². The number of thiophene rings is 1. The molecule has 108 valence electrons. The Hall–Kier alpha value is -0.620. The van der Waals surface area contributed by atoms with Gasteiger partial charge in [-0.25, -0.2) is 8.42 Å². The van der Waals surface area contributed by atoms with Crippen molar-refractivity contribution in [3.63, 3.8) is 0 Å². The SMILES string of the molecule is Cc1c(S(=O)(=O)N2CC[C@@H](C)C2)sc2ccc(Cl)cc12. The highest BCUT2D eigenvalue weighted by molar-refractivity contribution is 7.91. The average Bonchev–Trinajstić information content (AvgIpc) is 2.95. The molecule has 2 heterocycles. The second-order valence-electron chi connectivity index (χ2n) is 5.41. The minimum atomic E-state index is -3.37. The van der Waals surface area contributed by atoms with E-state index in [0.717, 1.165) is 22.1 Å². The highest BCUT2D eigenvalue weighted by Gasteiger charge is 2.33. The summed E-state index contributed by atoms with van der Waals surface area (Å²) >= 11 is 7.34. The maximum atomic E-state index is 12.8. The molecule has 1 aliphatic heterocycles. The smallest absolute Gasteiger partial charge is 0.206 e. The number of rotatable bonds is 2. The van der Waals surface area contributed by atoms with E-state index >= 15 is 0 Å². The van der Waals surface area contributed by atoms with Crippen LogP contribution in [0.1, 0.15) is 18.9 Å². The van der Waals surface area contributed by atoms with E-state index in [0.29, 0.717) is 28.2 Å². The molecule has 1 fully saturated rings. The van der Waals surface area contributed by atoms with Crippen molar-refractivity contribution in [2.75, 3.05) is 13.1 Å². The average molecular weight is 330 g/mol. The van der Waals surface area contributed by atoms with E-state index in [2.05, 4.69) is 6.92 Å². The number of sulfonamides is 1. The molecule has 0 aliphatic carbocycles. The second-order valence-corrected chi connectivity index (χ2v) is 9.03. The summed E-state index contributed by atoms with van der Waals surface area (Å²) < 4.78 is 28.6. The summed E-state index contributed by atoms with van der Waals surface area (Å²) in [6.07, 6.45) is 0.939. The van der Waals surface area contributed by atoms with Crippen LogP contribution in [0.2, 0.25) is 5.02 Å². The quantitative estimate of drug-likeness (QED) is 0.838. The molecule has 2 aromatic rings. The molecule has 0 amide bonds. The molecule has 0 spiro atoms. The fourth-order valence-corrected chi connectivity index (χ4v) is 6.27. The van der Waals surface area contributed by atoms with Gasteiger partial charge >= 0.3 is 0 Å². The predicted molar refractivity (Wildman–Crippen MR) is 84.1 cm³/mol. The van der Waals surface area contributed by atoms with Gasteiger partial charge in [0.25, 0.3) is 10.0 Å². The number of hydrogen-bond donors (Lipinski definition) is 0. The van der Waals surface area contributed by atoms with Crippen molar-refractivity contribution in [2.24, 2.45) is 5.92 Å². The Balaban J connectivity index is 2.12. The van der Waals surface area contributed by atoms with Crippen LogP contribution in [0.3, 0.4) is 0 Å². The molecular formula is C14H16ClNO2S2. The van der Waals surface area contributed by atoms with Gasteiger partial charge in [0.1, 0.15) is 4.21 Å². The largest absolute Gasteiger partial charge is 0.252 e. The summed E-state index contributed by atoms with van der Waals surface area (Å²) in [5.41, 5.74) is 0.812. The highest BCUT2D eigenvalue weighted by Crippen LogP contribution is 2.38. The number of hydrogen-bond acceptors (Lipinski definition) is 3. The topological polar surface area (TPSA) is 37.4 Å². The summed E-state index contributed by atoms with van der Waals surface area (Å²) in [5.74, 6) is 0.439. The molecule has 1 aromatic heterocycles. The van der Waals surface area contributed by atoms with Gasteiger partial charge in [-0.15, -0.1) is 11.3 Å². The van der Waals surface area contributed by atoms with Gasteiger partial charge in [0.05, 0.1) is 0 Å². The Morgan fingerprint density at radius 3 is 2.80 bits per heavy atom. The minimum absolute atomic E-state index is 0.439. The van der Waals surface area contributed by atoms with E-state index in [1.165, 1.54) is 11.3 Å². The first-order valence-electron chi connectivity index (χ1n) is 6.58. The van der Waals surface area contributed by atoms with Crippen LogP contribution in [0.5, 0.6) is 0 Å². The Morgan fingerprint density at radius 2 is 2.15 bits per heavy atom. The molecule has 0 N–H and O–H groups in total. The van der Waals surface area contributed by atoms with Crippen molar-refractivity contribution in [3.05, 3.63) is 28.8 Å². The van der Waals surface area contributed by atoms with Gasteiger partial charge in [-0.05, 0) is 48.4 Å². The number of nitrogens with zero attached hydrogens (tertiary/aromatic N) is 1. The van der Waals surface area contributed by atoms with E-state index in [-0.39, 0.29) is 0 Å². The van der Waals surface area contributed by atoms with Crippen molar-refractivity contribution < 1.29 is 8.42 Å². The van der Waals surface area contributed by atoms with Crippen molar-refractivity contribution in [3.8, 4) is 0 Å². The van der Waals surface area contributed by atoms with Crippen LogP contribution in [0, 0.1) is 12.8 Å².